The van der Waals surface area contributed by atoms with E-state index < -0.39 is 6.10 Å². The van der Waals surface area contributed by atoms with Gasteiger partial charge >= 0.3 is 0 Å². The highest BCUT2D eigenvalue weighted by Gasteiger charge is 2.15. The van der Waals surface area contributed by atoms with Gasteiger partial charge in [-0.2, -0.15) is 5.10 Å². The Hall–Kier alpha value is -0.390. The fourth-order valence-electron chi connectivity index (χ4n) is 1.25. The van der Waals surface area contributed by atoms with Crippen LogP contribution in [0.4, 0.5) is 0 Å². The molecular formula is C9H15BrN2O2. The maximum Gasteiger partial charge on any atom is 0.0965 e. The van der Waals surface area contributed by atoms with Crippen LogP contribution in [-0.4, -0.2) is 28.6 Å². The second-order valence-corrected chi connectivity index (χ2v) is 3.87. The lowest BCUT2D eigenvalue weighted by Gasteiger charge is -2.11. The van der Waals surface area contributed by atoms with E-state index in [0.717, 1.165) is 10.2 Å². The minimum Gasteiger partial charge on any atom is -0.387 e. The molecule has 1 N–H and O–H groups in total. The Morgan fingerprint density at radius 3 is 3.00 bits per heavy atom. The molecule has 1 unspecified atom stereocenters. The van der Waals surface area contributed by atoms with Gasteiger partial charge in [0.1, 0.15) is 0 Å². The summed E-state index contributed by atoms with van der Waals surface area (Å²) in [4.78, 5) is 0. The van der Waals surface area contributed by atoms with Crippen molar-refractivity contribution in [3.63, 3.8) is 0 Å². The quantitative estimate of drug-likeness (QED) is 0.880. The number of aliphatic hydroxyl groups excluding tert-OH is 1. The molecule has 1 aromatic heterocycles. The van der Waals surface area contributed by atoms with Crippen LogP contribution in [-0.2, 0) is 11.3 Å². The summed E-state index contributed by atoms with van der Waals surface area (Å²) < 4.78 is 7.58. The molecule has 1 heterocycles. The van der Waals surface area contributed by atoms with Gasteiger partial charge < -0.3 is 9.84 Å². The van der Waals surface area contributed by atoms with Crippen LogP contribution in [0.5, 0.6) is 0 Å². The molecule has 80 valence electrons. The van der Waals surface area contributed by atoms with Crippen LogP contribution in [0.2, 0.25) is 0 Å². The molecule has 5 heteroatoms. The maximum atomic E-state index is 9.75. The second kappa shape index (κ2) is 5.48. The van der Waals surface area contributed by atoms with Crippen molar-refractivity contribution in [2.24, 2.45) is 0 Å². The minimum atomic E-state index is -0.469. The first kappa shape index (κ1) is 11.7. The minimum absolute atomic E-state index is 0.469. The number of hydrogen-bond acceptors (Lipinski definition) is 3. The standard InChI is InChI=1S/C9H15BrN2O2/c1-3-8(13)9-7(10)6-11-12(9)4-5-14-2/h6,8,13H,3-5H2,1-2H3. The number of ether oxygens (including phenoxy) is 1. The number of aromatic nitrogens is 2. The molecule has 0 spiro atoms. The van der Waals surface area contributed by atoms with Crippen LogP contribution in [0.3, 0.4) is 0 Å². The van der Waals surface area contributed by atoms with Crippen molar-refractivity contribution >= 4 is 15.9 Å². The third-order valence-corrected chi connectivity index (χ3v) is 2.65. The summed E-state index contributed by atoms with van der Waals surface area (Å²) in [7, 11) is 1.65. The number of aliphatic hydroxyl groups is 1. The summed E-state index contributed by atoms with van der Waals surface area (Å²) in [5.41, 5.74) is 0.824. The smallest absolute Gasteiger partial charge is 0.0965 e. The molecule has 0 saturated carbocycles. The molecule has 4 nitrogen and oxygen atoms in total. The van der Waals surface area contributed by atoms with Crippen LogP contribution in [0, 0.1) is 0 Å². The van der Waals surface area contributed by atoms with Gasteiger partial charge in [0.15, 0.2) is 0 Å². The van der Waals surface area contributed by atoms with Gasteiger partial charge in [-0.25, -0.2) is 0 Å². The van der Waals surface area contributed by atoms with Crippen LogP contribution in [0.15, 0.2) is 10.7 Å². The van der Waals surface area contributed by atoms with Gasteiger partial charge in [0.05, 0.1) is 35.6 Å². The summed E-state index contributed by atoms with van der Waals surface area (Å²) in [6, 6.07) is 0. The van der Waals surface area contributed by atoms with Crippen molar-refractivity contribution in [1.82, 2.24) is 9.78 Å². The molecule has 0 bridgehead atoms. The van der Waals surface area contributed by atoms with Crippen molar-refractivity contribution in [3.8, 4) is 0 Å². The van der Waals surface area contributed by atoms with E-state index in [0.29, 0.717) is 19.6 Å². The van der Waals surface area contributed by atoms with Crippen LogP contribution < -0.4 is 0 Å². The average Bonchev–Trinajstić information content (AvgIpc) is 2.55. The van der Waals surface area contributed by atoms with Gasteiger partial charge in [-0.3, -0.25) is 4.68 Å². The molecule has 0 radical (unpaired) electrons. The van der Waals surface area contributed by atoms with E-state index in [9.17, 15) is 5.11 Å². The normalized spacial score (nSPS) is 13.1. The lowest BCUT2D eigenvalue weighted by molar-refractivity contribution is 0.149. The first-order chi connectivity index (χ1) is 6.70. The topological polar surface area (TPSA) is 47.3 Å². The van der Waals surface area contributed by atoms with E-state index in [2.05, 4.69) is 21.0 Å². The first-order valence-corrected chi connectivity index (χ1v) is 5.38. The first-order valence-electron chi connectivity index (χ1n) is 4.58. The van der Waals surface area contributed by atoms with Crippen molar-refractivity contribution < 1.29 is 9.84 Å². The highest BCUT2D eigenvalue weighted by Crippen LogP contribution is 2.24. The number of hydrogen-bond donors (Lipinski definition) is 1. The lowest BCUT2D eigenvalue weighted by Crippen LogP contribution is -2.12. The SMILES string of the molecule is CCC(O)c1c(Br)cnn1CCOC. The summed E-state index contributed by atoms with van der Waals surface area (Å²) in [6.07, 6.45) is 1.91. The van der Waals surface area contributed by atoms with Crippen molar-refractivity contribution in [2.45, 2.75) is 26.0 Å². The maximum absolute atomic E-state index is 9.75. The highest BCUT2D eigenvalue weighted by atomic mass is 79.9. The van der Waals surface area contributed by atoms with Crippen LogP contribution in [0.25, 0.3) is 0 Å². The van der Waals surface area contributed by atoms with E-state index in [-0.39, 0.29) is 0 Å². The predicted molar refractivity (Wildman–Crippen MR) is 57.1 cm³/mol. The molecule has 0 aromatic carbocycles. The summed E-state index contributed by atoms with van der Waals surface area (Å²) in [5.74, 6) is 0. The predicted octanol–water partition coefficient (Wildman–Crippen LogP) is 1.74. The van der Waals surface area contributed by atoms with E-state index >= 15 is 0 Å². The molecular weight excluding hydrogens is 248 g/mol. The molecule has 1 rings (SSSR count). The van der Waals surface area contributed by atoms with Gasteiger partial charge in [-0.1, -0.05) is 6.92 Å². The molecule has 0 aliphatic rings. The monoisotopic (exact) mass is 262 g/mol. The van der Waals surface area contributed by atoms with Crippen molar-refractivity contribution in [1.29, 1.82) is 0 Å². The number of nitrogens with zero attached hydrogens (tertiary/aromatic N) is 2. The second-order valence-electron chi connectivity index (χ2n) is 3.02. The molecule has 0 saturated heterocycles. The van der Waals surface area contributed by atoms with Gasteiger partial charge in [0, 0.05) is 7.11 Å². The molecule has 0 aliphatic carbocycles. The summed E-state index contributed by atoms with van der Waals surface area (Å²) >= 11 is 3.37. The zero-order chi connectivity index (χ0) is 10.6. The molecule has 0 amide bonds. The largest absolute Gasteiger partial charge is 0.387 e. The van der Waals surface area contributed by atoms with Gasteiger partial charge in [-0.05, 0) is 22.4 Å². The van der Waals surface area contributed by atoms with Gasteiger partial charge in [0.2, 0.25) is 0 Å². The third kappa shape index (κ3) is 2.56. The van der Waals surface area contributed by atoms with Crippen LogP contribution in [0.1, 0.15) is 25.1 Å². The Balaban J connectivity index is 2.82. The molecule has 1 atom stereocenters. The molecule has 14 heavy (non-hydrogen) atoms. The molecule has 0 fully saturated rings. The van der Waals surface area contributed by atoms with E-state index in [1.807, 2.05) is 6.92 Å². The Morgan fingerprint density at radius 2 is 2.43 bits per heavy atom. The van der Waals surface area contributed by atoms with E-state index in [1.54, 1.807) is 18.0 Å². The lowest BCUT2D eigenvalue weighted by atomic mass is 10.2. The molecule has 1 aromatic rings. The number of methoxy groups -OCH3 is 1. The van der Waals surface area contributed by atoms with Crippen molar-refractivity contribution in [2.75, 3.05) is 13.7 Å². The summed E-state index contributed by atoms with van der Waals surface area (Å²) in [6.45, 7) is 3.19. The number of halogens is 1. The Morgan fingerprint density at radius 1 is 1.71 bits per heavy atom. The molecule has 0 aliphatic heterocycles. The van der Waals surface area contributed by atoms with E-state index in [4.69, 9.17) is 4.74 Å². The van der Waals surface area contributed by atoms with Gasteiger partial charge in [-0.15, -0.1) is 0 Å². The van der Waals surface area contributed by atoms with Crippen LogP contribution >= 0.6 is 15.9 Å². The Labute approximate surface area is 92.0 Å². The summed E-state index contributed by atoms with van der Waals surface area (Å²) in [5, 5.41) is 13.9. The zero-order valence-corrected chi connectivity index (χ0v) is 9.99. The van der Waals surface area contributed by atoms with E-state index in [1.165, 1.54) is 0 Å². The van der Waals surface area contributed by atoms with Gasteiger partial charge in [0.25, 0.3) is 0 Å². The Kier molecular flexibility index (Phi) is 4.57. The fraction of sp³-hybridized carbons (Fsp3) is 0.667. The fourth-order valence-corrected chi connectivity index (χ4v) is 1.81. The highest BCUT2D eigenvalue weighted by molar-refractivity contribution is 9.10. The Bertz CT molecular complexity index is 288. The number of rotatable bonds is 5. The zero-order valence-electron chi connectivity index (χ0n) is 8.40. The third-order valence-electron chi connectivity index (χ3n) is 2.04. The average molecular weight is 263 g/mol. The van der Waals surface area contributed by atoms with Crippen molar-refractivity contribution in [3.05, 3.63) is 16.4 Å².